The number of nitriles is 1. The van der Waals surface area contributed by atoms with Crippen molar-refractivity contribution in [1.29, 1.82) is 5.26 Å². The molecule has 14 heavy (non-hydrogen) atoms. The molecule has 0 aliphatic heterocycles. The van der Waals surface area contributed by atoms with Crippen LogP contribution in [0.4, 0.5) is 0 Å². The first kappa shape index (κ1) is 9.19. The molecule has 0 unspecified atom stereocenters. The number of halogens is 1. The molecule has 70 valence electrons. The highest BCUT2D eigenvalue weighted by atomic mass is 35.5. The van der Waals surface area contributed by atoms with Gasteiger partial charge in [-0.1, -0.05) is 22.9 Å². The van der Waals surface area contributed by atoms with Crippen molar-refractivity contribution in [2.24, 2.45) is 0 Å². The van der Waals surface area contributed by atoms with Crippen molar-refractivity contribution in [1.82, 2.24) is 14.8 Å². The summed E-state index contributed by atoms with van der Waals surface area (Å²) in [5, 5.41) is 13.6. The molecule has 0 saturated heterocycles. The number of rotatable bonds is 1. The highest BCUT2D eigenvalue weighted by molar-refractivity contribution is 7.15. The van der Waals surface area contributed by atoms with Crippen LogP contribution in [0.2, 0.25) is 5.15 Å². The first-order valence-electron chi connectivity index (χ1n) is 3.79. The van der Waals surface area contributed by atoms with Gasteiger partial charge >= 0.3 is 0 Å². The first-order chi connectivity index (χ1) is 6.70. The standard InChI is InChI=1S/C8H5ClN4S/c1-5-3-11-13(4-5)8-12-7(9)6(2-10)14-8/h3-4H,1H3. The van der Waals surface area contributed by atoms with Gasteiger partial charge in [0.1, 0.15) is 10.9 Å². The lowest BCUT2D eigenvalue weighted by Crippen LogP contribution is -1.91. The monoisotopic (exact) mass is 224 g/mol. The van der Waals surface area contributed by atoms with Crippen LogP contribution in [0.5, 0.6) is 0 Å². The molecule has 0 aromatic carbocycles. The second kappa shape index (κ2) is 3.40. The molecule has 0 spiro atoms. The summed E-state index contributed by atoms with van der Waals surface area (Å²) >= 11 is 6.96. The van der Waals surface area contributed by atoms with Crippen LogP contribution >= 0.6 is 22.9 Å². The maximum Gasteiger partial charge on any atom is 0.213 e. The Balaban J connectivity index is 2.48. The van der Waals surface area contributed by atoms with Gasteiger partial charge in [0.05, 0.1) is 6.20 Å². The smallest absolute Gasteiger partial charge is 0.213 e. The van der Waals surface area contributed by atoms with Gasteiger partial charge in [0.15, 0.2) is 5.15 Å². The van der Waals surface area contributed by atoms with Gasteiger partial charge < -0.3 is 0 Å². The van der Waals surface area contributed by atoms with E-state index in [9.17, 15) is 0 Å². The van der Waals surface area contributed by atoms with Crippen LogP contribution in [0, 0.1) is 18.3 Å². The van der Waals surface area contributed by atoms with Crippen molar-refractivity contribution in [3.8, 4) is 11.2 Å². The number of thiazole rings is 1. The Labute approximate surface area is 89.4 Å². The van der Waals surface area contributed by atoms with Gasteiger partial charge in [0.2, 0.25) is 5.13 Å². The lowest BCUT2D eigenvalue weighted by Gasteiger charge is -1.90. The van der Waals surface area contributed by atoms with Crippen LogP contribution in [-0.2, 0) is 0 Å². The maximum atomic E-state index is 8.69. The molecule has 0 amide bonds. The number of aryl methyl sites for hydroxylation is 1. The fraction of sp³-hybridized carbons (Fsp3) is 0.125. The summed E-state index contributed by atoms with van der Waals surface area (Å²) in [5.74, 6) is 0. The van der Waals surface area contributed by atoms with Crippen LogP contribution in [0.3, 0.4) is 0 Å². The van der Waals surface area contributed by atoms with E-state index >= 15 is 0 Å². The molecule has 2 aromatic rings. The summed E-state index contributed by atoms with van der Waals surface area (Å²) < 4.78 is 1.60. The molecular weight excluding hydrogens is 220 g/mol. The van der Waals surface area contributed by atoms with E-state index in [1.807, 2.05) is 19.2 Å². The molecular formula is C8H5ClN4S. The van der Waals surface area contributed by atoms with Gasteiger partial charge in [-0.25, -0.2) is 9.67 Å². The minimum Gasteiger partial charge on any atom is -0.213 e. The third-order valence-corrected chi connectivity index (χ3v) is 2.92. The fourth-order valence-electron chi connectivity index (χ4n) is 0.975. The summed E-state index contributed by atoms with van der Waals surface area (Å²) in [6.45, 7) is 1.93. The zero-order valence-electron chi connectivity index (χ0n) is 7.23. The third-order valence-electron chi connectivity index (χ3n) is 1.58. The van der Waals surface area contributed by atoms with Gasteiger partial charge in [-0.3, -0.25) is 0 Å². The highest BCUT2D eigenvalue weighted by Crippen LogP contribution is 2.24. The highest BCUT2D eigenvalue weighted by Gasteiger charge is 2.10. The first-order valence-corrected chi connectivity index (χ1v) is 4.98. The minimum atomic E-state index is 0.237. The molecule has 0 saturated carbocycles. The number of hydrogen-bond donors (Lipinski definition) is 0. The second-order valence-corrected chi connectivity index (χ2v) is 4.03. The molecule has 2 aromatic heterocycles. The Bertz CT molecular complexity index is 508. The van der Waals surface area contributed by atoms with E-state index in [2.05, 4.69) is 10.1 Å². The van der Waals surface area contributed by atoms with Crippen molar-refractivity contribution in [2.45, 2.75) is 6.92 Å². The molecule has 2 heterocycles. The SMILES string of the molecule is Cc1cnn(-c2nc(Cl)c(C#N)s2)c1. The second-order valence-electron chi connectivity index (χ2n) is 2.69. The third kappa shape index (κ3) is 1.50. The summed E-state index contributed by atoms with van der Waals surface area (Å²) in [7, 11) is 0. The van der Waals surface area contributed by atoms with E-state index in [1.54, 1.807) is 10.9 Å². The average molecular weight is 225 g/mol. The molecule has 0 atom stereocenters. The van der Waals surface area contributed by atoms with Crippen molar-refractivity contribution >= 4 is 22.9 Å². The van der Waals surface area contributed by atoms with E-state index in [0.29, 0.717) is 10.0 Å². The Morgan fingerprint density at radius 2 is 2.43 bits per heavy atom. The van der Waals surface area contributed by atoms with Gasteiger partial charge in [-0.05, 0) is 12.5 Å². The zero-order chi connectivity index (χ0) is 10.1. The summed E-state index contributed by atoms with van der Waals surface area (Å²) in [4.78, 5) is 4.44. The molecule has 0 N–H and O–H groups in total. The van der Waals surface area contributed by atoms with Crippen molar-refractivity contribution < 1.29 is 0 Å². The lowest BCUT2D eigenvalue weighted by molar-refractivity contribution is 0.869. The molecule has 0 fully saturated rings. The van der Waals surface area contributed by atoms with Gasteiger partial charge in [-0.2, -0.15) is 10.4 Å². The molecule has 0 aliphatic rings. The molecule has 0 bridgehead atoms. The van der Waals surface area contributed by atoms with Crippen LogP contribution < -0.4 is 0 Å². The van der Waals surface area contributed by atoms with E-state index < -0.39 is 0 Å². The molecule has 0 radical (unpaired) electrons. The quantitative estimate of drug-likeness (QED) is 0.746. The van der Waals surface area contributed by atoms with Gasteiger partial charge in [0.25, 0.3) is 0 Å². The van der Waals surface area contributed by atoms with Crippen LogP contribution in [0.15, 0.2) is 12.4 Å². The number of hydrogen-bond acceptors (Lipinski definition) is 4. The van der Waals surface area contributed by atoms with E-state index in [0.717, 1.165) is 5.56 Å². The lowest BCUT2D eigenvalue weighted by atomic mass is 10.4. The van der Waals surface area contributed by atoms with Crippen molar-refractivity contribution in [2.75, 3.05) is 0 Å². The molecule has 0 aliphatic carbocycles. The van der Waals surface area contributed by atoms with Gasteiger partial charge in [0, 0.05) is 6.20 Å². The topological polar surface area (TPSA) is 54.5 Å². The van der Waals surface area contributed by atoms with Crippen LogP contribution in [0.1, 0.15) is 10.4 Å². The predicted molar refractivity (Wildman–Crippen MR) is 53.7 cm³/mol. The Morgan fingerprint density at radius 1 is 1.64 bits per heavy atom. The van der Waals surface area contributed by atoms with E-state index in [-0.39, 0.29) is 5.15 Å². The van der Waals surface area contributed by atoms with Gasteiger partial charge in [-0.15, -0.1) is 0 Å². The Hall–Kier alpha value is -1.38. The van der Waals surface area contributed by atoms with Crippen LogP contribution in [-0.4, -0.2) is 14.8 Å². The fourth-order valence-corrected chi connectivity index (χ4v) is 1.95. The minimum absolute atomic E-state index is 0.237. The Kier molecular flexibility index (Phi) is 2.23. The van der Waals surface area contributed by atoms with E-state index in [4.69, 9.17) is 16.9 Å². The summed E-state index contributed by atoms with van der Waals surface area (Å²) in [5.41, 5.74) is 1.04. The molecule has 4 nitrogen and oxygen atoms in total. The zero-order valence-corrected chi connectivity index (χ0v) is 8.80. The Morgan fingerprint density at radius 3 is 2.93 bits per heavy atom. The number of nitrogens with zero attached hydrogens (tertiary/aromatic N) is 4. The largest absolute Gasteiger partial charge is 0.213 e. The van der Waals surface area contributed by atoms with Crippen LogP contribution in [0.25, 0.3) is 5.13 Å². The molecule has 6 heteroatoms. The average Bonchev–Trinajstić information content (AvgIpc) is 2.71. The summed E-state index contributed by atoms with van der Waals surface area (Å²) in [6, 6.07) is 1.98. The normalized spacial score (nSPS) is 10.1. The molecule has 2 rings (SSSR count). The van der Waals surface area contributed by atoms with Crippen molar-refractivity contribution in [3.63, 3.8) is 0 Å². The summed E-state index contributed by atoms with van der Waals surface area (Å²) in [6.07, 6.45) is 3.55. The van der Waals surface area contributed by atoms with E-state index in [1.165, 1.54) is 11.3 Å². The maximum absolute atomic E-state index is 8.69. The number of aromatic nitrogens is 3. The van der Waals surface area contributed by atoms with Crippen molar-refractivity contribution in [3.05, 3.63) is 28.0 Å². The predicted octanol–water partition coefficient (Wildman–Crippen LogP) is 2.16.